The molecule has 0 amide bonds. The number of ketones is 1. The number of carbonyl (C=O) groups is 1. The lowest BCUT2D eigenvalue weighted by Gasteiger charge is -2.04. The van der Waals surface area contributed by atoms with E-state index in [4.69, 9.17) is 4.42 Å². The molecule has 0 unspecified atom stereocenters. The van der Waals surface area contributed by atoms with Crippen LogP contribution in [-0.2, 0) is 0 Å². The molecule has 0 aliphatic heterocycles. The van der Waals surface area contributed by atoms with Crippen molar-refractivity contribution >= 4 is 16.8 Å². The molecule has 3 rings (SSSR count). The zero-order valence-corrected chi connectivity index (χ0v) is 9.82. The molecule has 0 spiro atoms. The van der Waals surface area contributed by atoms with E-state index in [1.165, 1.54) is 25.7 Å². The number of furan rings is 1. The highest BCUT2D eigenvalue weighted by Gasteiger charge is 2.21. The van der Waals surface area contributed by atoms with Gasteiger partial charge >= 0.3 is 0 Å². The predicted octanol–water partition coefficient (Wildman–Crippen LogP) is 4.20. The SMILES string of the molecule is O=C(CC1CCCC1)c1cc2ccccc2o1. The monoisotopic (exact) mass is 228 g/mol. The van der Waals surface area contributed by atoms with Crippen LogP contribution in [0.2, 0.25) is 0 Å². The van der Waals surface area contributed by atoms with Crippen molar-refractivity contribution < 1.29 is 9.21 Å². The normalized spacial score (nSPS) is 16.7. The molecule has 1 saturated carbocycles. The van der Waals surface area contributed by atoms with E-state index in [1.807, 2.05) is 30.3 Å². The van der Waals surface area contributed by atoms with Crippen molar-refractivity contribution in [3.05, 3.63) is 36.1 Å². The van der Waals surface area contributed by atoms with Gasteiger partial charge in [-0.2, -0.15) is 0 Å². The number of fused-ring (bicyclic) bond motifs is 1. The summed E-state index contributed by atoms with van der Waals surface area (Å²) in [6.45, 7) is 0. The Hall–Kier alpha value is -1.57. The third-order valence-corrected chi connectivity index (χ3v) is 3.65. The van der Waals surface area contributed by atoms with Crippen LogP contribution in [0.25, 0.3) is 11.0 Å². The van der Waals surface area contributed by atoms with Gasteiger partial charge in [0.2, 0.25) is 0 Å². The van der Waals surface area contributed by atoms with E-state index in [0.717, 1.165) is 11.0 Å². The third kappa shape index (κ3) is 2.12. The maximum Gasteiger partial charge on any atom is 0.198 e. The quantitative estimate of drug-likeness (QED) is 0.737. The Bertz CT molecular complexity index is 500. The van der Waals surface area contributed by atoms with Crippen molar-refractivity contribution in [2.24, 2.45) is 5.92 Å². The van der Waals surface area contributed by atoms with Crippen LogP contribution < -0.4 is 0 Å². The Morgan fingerprint density at radius 2 is 2.00 bits per heavy atom. The highest BCUT2D eigenvalue weighted by Crippen LogP contribution is 2.29. The van der Waals surface area contributed by atoms with E-state index < -0.39 is 0 Å². The van der Waals surface area contributed by atoms with E-state index in [0.29, 0.717) is 18.1 Å². The second kappa shape index (κ2) is 4.36. The van der Waals surface area contributed by atoms with Crippen LogP contribution in [0.3, 0.4) is 0 Å². The summed E-state index contributed by atoms with van der Waals surface area (Å²) in [6.07, 6.45) is 5.61. The van der Waals surface area contributed by atoms with Gasteiger partial charge in [-0.25, -0.2) is 0 Å². The van der Waals surface area contributed by atoms with Gasteiger partial charge in [0, 0.05) is 11.8 Å². The van der Waals surface area contributed by atoms with Gasteiger partial charge in [0.25, 0.3) is 0 Å². The number of benzene rings is 1. The Kier molecular flexibility index (Phi) is 2.71. The van der Waals surface area contributed by atoms with Gasteiger partial charge in [-0.3, -0.25) is 4.79 Å². The van der Waals surface area contributed by atoms with E-state index in [-0.39, 0.29) is 5.78 Å². The summed E-state index contributed by atoms with van der Waals surface area (Å²) in [4.78, 5) is 12.1. The molecule has 88 valence electrons. The summed E-state index contributed by atoms with van der Waals surface area (Å²) < 4.78 is 5.59. The topological polar surface area (TPSA) is 30.2 Å². The summed E-state index contributed by atoms with van der Waals surface area (Å²) in [5, 5.41) is 1.02. The van der Waals surface area contributed by atoms with Gasteiger partial charge < -0.3 is 4.42 Å². The Morgan fingerprint density at radius 1 is 1.24 bits per heavy atom. The molecule has 1 fully saturated rings. The van der Waals surface area contributed by atoms with E-state index >= 15 is 0 Å². The van der Waals surface area contributed by atoms with Crippen LogP contribution in [0.1, 0.15) is 42.7 Å². The second-order valence-corrected chi connectivity index (χ2v) is 4.93. The predicted molar refractivity (Wildman–Crippen MR) is 67.1 cm³/mol. The Balaban J connectivity index is 1.80. The minimum absolute atomic E-state index is 0.160. The van der Waals surface area contributed by atoms with Gasteiger partial charge in [-0.05, 0) is 18.1 Å². The van der Waals surface area contributed by atoms with Crippen LogP contribution in [0, 0.1) is 5.92 Å². The average Bonchev–Trinajstić information content (AvgIpc) is 2.96. The standard InChI is InChI=1S/C15H16O2/c16-13(9-11-5-1-2-6-11)15-10-12-7-3-4-8-14(12)17-15/h3-4,7-8,10-11H,1-2,5-6,9H2. The van der Waals surface area contributed by atoms with Crippen LogP contribution >= 0.6 is 0 Å². The molecule has 2 aromatic rings. The molecule has 2 nitrogen and oxygen atoms in total. The van der Waals surface area contributed by atoms with Crippen molar-refractivity contribution in [1.82, 2.24) is 0 Å². The molecule has 0 saturated heterocycles. The van der Waals surface area contributed by atoms with Gasteiger partial charge in [-0.15, -0.1) is 0 Å². The van der Waals surface area contributed by atoms with Gasteiger partial charge in [0.05, 0.1) is 0 Å². The van der Waals surface area contributed by atoms with Gasteiger partial charge in [-0.1, -0.05) is 43.9 Å². The fourth-order valence-corrected chi connectivity index (χ4v) is 2.70. The number of hydrogen-bond acceptors (Lipinski definition) is 2. The number of carbonyl (C=O) groups excluding carboxylic acids is 1. The number of para-hydroxylation sites is 1. The zero-order chi connectivity index (χ0) is 11.7. The zero-order valence-electron chi connectivity index (χ0n) is 9.82. The highest BCUT2D eigenvalue weighted by atomic mass is 16.3. The average molecular weight is 228 g/mol. The van der Waals surface area contributed by atoms with E-state index in [2.05, 4.69) is 0 Å². The molecular weight excluding hydrogens is 212 g/mol. The first kappa shape index (κ1) is 10.6. The molecule has 17 heavy (non-hydrogen) atoms. The first-order valence-electron chi connectivity index (χ1n) is 6.35. The largest absolute Gasteiger partial charge is 0.453 e. The van der Waals surface area contributed by atoms with Crippen LogP contribution in [-0.4, -0.2) is 5.78 Å². The van der Waals surface area contributed by atoms with E-state index in [9.17, 15) is 4.79 Å². The molecule has 1 aromatic carbocycles. The molecule has 1 heterocycles. The molecule has 0 radical (unpaired) electrons. The second-order valence-electron chi connectivity index (χ2n) is 4.93. The maximum atomic E-state index is 12.1. The summed E-state index contributed by atoms with van der Waals surface area (Å²) in [6, 6.07) is 9.64. The van der Waals surface area contributed by atoms with Crippen LogP contribution in [0.5, 0.6) is 0 Å². The summed E-state index contributed by atoms with van der Waals surface area (Å²) in [5.41, 5.74) is 0.808. The summed E-state index contributed by atoms with van der Waals surface area (Å²) in [7, 11) is 0. The van der Waals surface area contributed by atoms with Gasteiger partial charge in [0.15, 0.2) is 11.5 Å². The lowest BCUT2D eigenvalue weighted by atomic mass is 10.00. The van der Waals surface area contributed by atoms with Crippen molar-refractivity contribution in [2.45, 2.75) is 32.1 Å². The van der Waals surface area contributed by atoms with Crippen LogP contribution in [0.4, 0.5) is 0 Å². The third-order valence-electron chi connectivity index (χ3n) is 3.65. The number of Topliss-reactive ketones (excluding diaryl/α,β-unsaturated/α-hetero) is 1. The molecule has 0 atom stereocenters. The first-order chi connectivity index (χ1) is 8.33. The molecular formula is C15H16O2. The fourth-order valence-electron chi connectivity index (χ4n) is 2.70. The number of hydrogen-bond donors (Lipinski definition) is 0. The molecule has 1 aliphatic carbocycles. The molecule has 1 aromatic heterocycles. The molecule has 1 aliphatic rings. The number of rotatable bonds is 3. The Morgan fingerprint density at radius 3 is 2.76 bits per heavy atom. The minimum atomic E-state index is 0.160. The minimum Gasteiger partial charge on any atom is -0.453 e. The highest BCUT2D eigenvalue weighted by molar-refractivity contribution is 5.97. The maximum absolute atomic E-state index is 12.1. The Labute approximate surface area is 101 Å². The van der Waals surface area contributed by atoms with Crippen molar-refractivity contribution in [3.63, 3.8) is 0 Å². The van der Waals surface area contributed by atoms with Crippen LogP contribution in [0.15, 0.2) is 34.7 Å². The van der Waals surface area contributed by atoms with Crippen molar-refractivity contribution in [1.29, 1.82) is 0 Å². The van der Waals surface area contributed by atoms with E-state index in [1.54, 1.807) is 0 Å². The lowest BCUT2D eigenvalue weighted by molar-refractivity contribution is 0.0937. The fraction of sp³-hybridized carbons (Fsp3) is 0.400. The first-order valence-corrected chi connectivity index (χ1v) is 6.35. The lowest BCUT2D eigenvalue weighted by Crippen LogP contribution is -2.04. The van der Waals surface area contributed by atoms with Gasteiger partial charge in [0.1, 0.15) is 5.58 Å². The van der Waals surface area contributed by atoms with Crippen molar-refractivity contribution in [3.8, 4) is 0 Å². The molecule has 0 N–H and O–H groups in total. The molecule has 0 bridgehead atoms. The summed E-state index contributed by atoms with van der Waals surface area (Å²) in [5.74, 6) is 1.27. The molecule has 2 heteroatoms. The summed E-state index contributed by atoms with van der Waals surface area (Å²) >= 11 is 0. The smallest absolute Gasteiger partial charge is 0.198 e. The van der Waals surface area contributed by atoms with Crippen molar-refractivity contribution in [2.75, 3.05) is 0 Å².